The SMILES string of the molecule is CNS(=O)(=O)[C@H]1CC[C@H](CNC[C@@H]2CC(C)C[C@@](C)(CNc3nc(NCc4ccccc4Cl)ncc3C#N)C2)CC1. The van der Waals surface area contributed by atoms with E-state index in [0.29, 0.717) is 46.7 Å². The molecule has 11 heteroatoms. The highest BCUT2D eigenvalue weighted by Crippen LogP contribution is 2.42. The minimum atomic E-state index is -3.16. The summed E-state index contributed by atoms with van der Waals surface area (Å²) in [6.45, 7) is 7.80. The molecule has 1 aromatic carbocycles. The molecule has 2 aliphatic carbocycles. The summed E-state index contributed by atoms with van der Waals surface area (Å²) in [5.74, 6) is 2.72. The van der Waals surface area contributed by atoms with Crippen molar-refractivity contribution < 1.29 is 8.42 Å². The maximum absolute atomic E-state index is 12.1. The summed E-state index contributed by atoms with van der Waals surface area (Å²) in [4.78, 5) is 8.93. The Morgan fingerprint density at radius 1 is 1.10 bits per heavy atom. The number of benzene rings is 1. The summed E-state index contributed by atoms with van der Waals surface area (Å²) in [5.41, 5.74) is 1.46. The molecule has 0 amide bonds. The molecule has 2 aromatic rings. The van der Waals surface area contributed by atoms with Crippen molar-refractivity contribution in [2.45, 2.75) is 70.6 Å². The van der Waals surface area contributed by atoms with Crippen molar-refractivity contribution in [3.05, 3.63) is 46.6 Å². The molecule has 0 saturated heterocycles. The van der Waals surface area contributed by atoms with Gasteiger partial charge in [0.15, 0.2) is 0 Å². The van der Waals surface area contributed by atoms with Crippen LogP contribution in [0.1, 0.15) is 69.9 Å². The van der Waals surface area contributed by atoms with Gasteiger partial charge in [0.2, 0.25) is 16.0 Å². The minimum Gasteiger partial charge on any atom is -0.368 e. The van der Waals surface area contributed by atoms with Gasteiger partial charge in [-0.2, -0.15) is 10.2 Å². The fourth-order valence-corrected chi connectivity index (χ4v) is 8.19. The molecule has 1 unspecified atom stereocenters. The van der Waals surface area contributed by atoms with Gasteiger partial charge < -0.3 is 16.0 Å². The van der Waals surface area contributed by atoms with Gasteiger partial charge in [-0.3, -0.25) is 0 Å². The first-order valence-electron chi connectivity index (χ1n) is 14.7. The minimum absolute atomic E-state index is 0.0758. The molecule has 2 fully saturated rings. The van der Waals surface area contributed by atoms with E-state index in [4.69, 9.17) is 11.6 Å². The first kappa shape index (κ1) is 31.5. The lowest BCUT2D eigenvalue weighted by Gasteiger charge is -2.42. The number of halogens is 1. The summed E-state index contributed by atoms with van der Waals surface area (Å²) in [6.07, 6.45) is 8.36. The van der Waals surface area contributed by atoms with Crippen LogP contribution in [0.2, 0.25) is 5.02 Å². The van der Waals surface area contributed by atoms with Crippen molar-refractivity contribution in [1.82, 2.24) is 20.0 Å². The molecule has 2 saturated carbocycles. The number of nitriles is 1. The van der Waals surface area contributed by atoms with E-state index >= 15 is 0 Å². The van der Waals surface area contributed by atoms with Gasteiger partial charge in [0, 0.05) is 18.1 Å². The quantitative estimate of drug-likeness (QED) is 0.262. The number of nitrogens with zero attached hydrogens (tertiary/aromatic N) is 3. The number of hydrogen-bond acceptors (Lipinski definition) is 8. The first-order chi connectivity index (χ1) is 19.6. The highest BCUT2D eigenvalue weighted by Gasteiger charge is 2.36. The molecule has 224 valence electrons. The zero-order chi connectivity index (χ0) is 29.5. The molecule has 1 aromatic heterocycles. The van der Waals surface area contributed by atoms with E-state index in [-0.39, 0.29) is 10.7 Å². The van der Waals surface area contributed by atoms with Crippen molar-refractivity contribution in [2.24, 2.45) is 23.2 Å². The molecular formula is C30H44ClN7O2S. The Morgan fingerprint density at radius 2 is 1.83 bits per heavy atom. The third kappa shape index (κ3) is 8.77. The first-order valence-corrected chi connectivity index (χ1v) is 16.6. The largest absolute Gasteiger partial charge is 0.368 e. The van der Waals surface area contributed by atoms with E-state index in [1.165, 1.54) is 13.5 Å². The lowest BCUT2D eigenvalue weighted by Crippen LogP contribution is -2.40. The highest BCUT2D eigenvalue weighted by atomic mass is 35.5. The van der Waals surface area contributed by atoms with Crippen LogP contribution in [0.4, 0.5) is 11.8 Å². The molecular weight excluding hydrogens is 558 g/mol. The van der Waals surface area contributed by atoms with Crippen LogP contribution in [-0.4, -0.2) is 50.3 Å². The molecule has 41 heavy (non-hydrogen) atoms. The van der Waals surface area contributed by atoms with E-state index < -0.39 is 10.0 Å². The van der Waals surface area contributed by atoms with E-state index in [0.717, 1.165) is 63.7 Å². The molecule has 3 atom stereocenters. The van der Waals surface area contributed by atoms with Crippen LogP contribution >= 0.6 is 11.6 Å². The average molecular weight is 602 g/mol. The Bertz CT molecular complexity index is 1310. The van der Waals surface area contributed by atoms with Crippen LogP contribution in [0.25, 0.3) is 0 Å². The third-order valence-electron chi connectivity index (χ3n) is 8.73. The Labute approximate surface area is 250 Å². The van der Waals surface area contributed by atoms with Crippen LogP contribution < -0.4 is 20.7 Å². The maximum atomic E-state index is 12.1. The van der Waals surface area contributed by atoms with Gasteiger partial charge >= 0.3 is 0 Å². The summed E-state index contributed by atoms with van der Waals surface area (Å²) in [6, 6.07) is 9.86. The Kier molecular flexibility index (Phi) is 10.9. The monoisotopic (exact) mass is 601 g/mol. The standard InChI is InChI=1S/C30H44ClN7O2S/c1-21-12-23(17-34-16-22-8-10-26(11-9-22)41(39,40)33-3)14-30(2,13-21)20-37-28-25(15-32)19-36-29(38-28)35-18-24-6-4-5-7-27(24)31/h4-7,19,21-23,26,33-34H,8-14,16-18,20H2,1-3H3,(H2,35,36,37,38)/t21?,22-,23-,26-,30-/m1/s1. The number of nitrogens with one attached hydrogen (secondary N) is 4. The van der Waals surface area contributed by atoms with Crippen molar-refractivity contribution in [3.63, 3.8) is 0 Å². The van der Waals surface area contributed by atoms with E-state index in [1.54, 1.807) is 6.20 Å². The molecule has 0 radical (unpaired) electrons. The van der Waals surface area contributed by atoms with Gasteiger partial charge in [0.05, 0.1) is 11.4 Å². The predicted octanol–water partition coefficient (Wildman–Crippen LogP) is 5.17. The van der Waals surface area contributed by atoms with E-state index in [1.807, 2.05) is 24.3 Å². The molecule has 0 aliphatic heterocycles. The second-order valence-electron chi connectivity index (χ2n) is 12.3. The summed E-state index contributed by atoms with van der Waals surface area (Å²) < 4.78 is 26.7. The van der Waals surface area contributed by atoms with Crippen LogP contribution in [0.15, 0.2) is 30.5 Å². The van der Waals surface area contributed by atoms with Crippen LogP contribution in [0.5, 0.6) is 0 Å². The number of sulfonamides is 1. The normalized spacial score (nSPS) is 26.7. The topological polar surface area (TPSA) is 132 Å². The molecule has 0 spiro atoms. The number of hydrogen-bond donors (Lipinski definition) is 4. The zero-order valence-corrected chi connectivity index (χ0v) is 26.0. The van der Waals surface area contributed by atoms with E-state index in [9.17, 15) is 13.7 Å². The van der Waals surface area contributed by atoms with Gasteiger partial charge in [0.25, 0.3) is 0 Å². The molecule has 9 nitrogen and oxygen atoms in total. The average Bonchev–Trinajstić information content (AvgIpc) is 2.95. The van der Waals surface area contributed by atoms with Crippen LogP contribution in [0, 0.1) is 34.5 Å². The maximum Gasteiger partial charge on any atom is 0.224 e. The van der Waals surface area contributed by atoms with Crippen molar-refractivity contribution in [3.8, 4) is 6.07 Å². The Morgan fingerprint density at radius 3 is 2.54 bits per heavy atom. The molecule has 2 aliphatic rings. The van der Waals surface area contributed by atoms with Gasteiger partial charge in [-0.1, -0.05) is 43.6 Å². The summed E-state index contributed by atoms with van der Waals surface area (Å²) >= 11 is 6.28. The number of aromatic nitrogens is 2. The summed E-state index contributed by atoms with van der Waals surface area (Å²) in [7, 11) is -1.65. The van der Waals surface area contributed by atoms with Crippen molar-refractivity contribution >= 4 is 33.4 Å². The highest BCUT2D eigenvalue weighted by molar-refractivity contribution is 7.90. The van der Waals surface area contributed by atoms with Crippen molar-refractivity contribution in [1.29, 1.82) is 5.26 Å². The number of rotatable bonds is 12. The zero-order valence-electron chi connectivity index (χ0n) is 24.4. The number of anilines is 2. The lowest BCUT2D eigenvalue weighted by atomic mass is 9.66. The second-order valence-corrected chi connectivity index (χ2v) is 14.9. The van der Waals surface area contributed by atoms with Crippen LogP contribution in [-0.2, 0) is 16.6 Å². The smallest absolute Gasteiger partial charge is 0.224 e. The van der Waals surface area contributed by atoms with Crippen molar-refractivity contribution in [2.75, 3.05) is 37.3 Å². The second kappa shape index (κ2) is 14.1. The molecule has 4 rings (SSSR count). The van der Waals surface area contributed by atoms with Crippen LogP contribution in [0.3, 0.4) is 0 Å². The van der Waals surface area contributed by atoms with Gasteiger partial charge in [-0.25, -0.2) is 18.1 Å². The Balaban J connectivity index is 1.28. The fraction of sp³-hybridized carbons (Fsp3) is 0.633. The third-order valence-corrected chi connectivity index (χ3v) is 11.0. The predicted molar refractivity (Wildman–Crippen MR) is 165 cm³/mol. The fourth-order valence-electron chi connectivity index (χ4n) is 6.76. The summed E-state index contributed by atoms with van der Waals surface area (Å²) in [5, 5.41) is 20.5. The van der Waals surface area contributed by atoms with Gasteiger partial charge in [0.1, 0.15) is 17.5 Å². The Hall–Kier alpha value is -2.45. The van der Waals surface area contributed by atoms with Gasteiger partial charge in [-0.05, 0) is 99.9 Å². The molecule has 0 bridgehead atoms. The van der Waals surface area contributed by atoms with E-state index in [2.05, 4.69) is 50.6 Å². The lowest BCUT2D eigenvalue weighted by molar-refractivity contribution is 0.124. The molecule has 1 heterocycles. The molecule has 4 N–H and O–H groups in total. The van der Waals surface area contributed by atoms with Gasteiger partial charge in [-0.15, -0.1) is 0 Å².